The summed E-state index contributed by atoms with van der Waals surface area (Å²) in [7, 11) is 0. The average molecular weight is 306 g/mol. The van der Waals surface area contributed by atoms with E-state index in [1.165, 1.54) is 0 Å². The Hall–Kier alpha value is -1.84. The Balaban J connectivity index is 3.40. The number of esters is 1. The van der Waals surface area contributed by atoms with E-state index in [4.69, 9.17) is 4.74 Å². The van der Waals surface area contributed by atoms with Gasteiger partial charge in [-0.1, -0.05) is 51.1 Å². The first-order valence-electron chi connectivity index (χ1n) is 7.51. The zero-order chi connectivity index (χ0) is 17.2. The zero-order valence-corrected chi connectivity index (χ0v) is 14.3. The molecule has 1 atom stereocenters. The molecule has 0 spiro atoms. The number of carboxylic acid groups (broad SMARTS) is 1. The van der Waals surface area contributed by atoms with E-state index in [1.54, 1.807) is 41.5 Å². The van der Waals surface area contributed by atoms with E-state index in [2.05, 4.69) is 0 Å². The van der Waals surface area contributed by atoms with Crippen LogP contribution in [0.15, 0.2) is 30.3 Å². The van der Waals surface area contributed by atoms with E-state index in [-0.39, 0.29) is 6.42 Å². The van der Waals surface area contributed by atoms with Crippen LogP contribution in [0.3, 0.4) is 0 Å². The molecule has 1 N–H and O–H groups in total. The highest BCUT2D eigenvalue weighted by Crippen LogP contribution is 2.41. The third-order valence-corrected chi connectivity index (χ3v) is 4.23. The van der Waals surface area contributed by atoms with E-state index >= 15 is 0 Å². The fraction of sp³-hybridized carbons (Fsp3) is 0.556. The van der Waals surface area contributed by atoms with Gasteiger partial charge in [-0.25, -0.2) is 4.79 Å². The minimum absolute atomic E-state index is 0.187. The highest BCUT2D eigenvalue weighted by molar-refractivity contribution is 5.85. The quantitative estimate of drug-likeness (QED) is 0.841. The fourth-order valence-electron chi connectivity index (χ4n) is 2.50. The predicted molar refractivity (Wildman–Crippen MR) is 85.7 cm³/mol. The molecule has 0 bridgehead atoms. The normalized spacial score (nSPS) is 15.0. The summed E-state index contributed by atoms with van der Waals surface area (Å²) < 4.78 is 5.59. The lowest BCUT2D eigenvalue weighted by molar-refractivity contribution is -0.194. The molecule has 0 saturated heterocycles. The van der Waals surface area contributed by atoms with E-state index in [0.29, 0.717) is 0 Å². The van der Waals surface area contributed by atoms with Crippen molar-refractivity contribution >= 4 is 11.9 Å². The second-order valence-corrected chi connectivity index (χ2v) is 7.12. The van der Waals surface area contributed by atoms with Gasteiger partial charge in [0.2, 0.25) is 5.60 Å². The van der Waals surface area contributed by atoms with Crippen LogP contribution in [-0.4, -0.2) is 22.6 Å². The maximum absolute atomic E-state index is 12.3. The number of hydrogen-bond acceptors (Lipinski definition) is 3. The van der Waals surface area contributed by atoms with E-state index < -0.39 is 28.4 Å². The van der Waals surface area contributed by atoms with Gasteiger partial charge in [-0.15, -0.1) is 0 Å². The summed E-state index contributed by atoms with van der Waals surface area (Å²) in [6, 6.07) is 9.29. The van der Waals surface area contributed by atoms with Crippen molar-refractivity contribution in [3.8, 4) is 0 Å². The maximum atomic E-state index is 12.3. The Morgan fingerprint density at radius 3 is 1.91 bits per heavy atom. The SMILES string of the molecule is CCC(OC(=O)C(C)(C)C)(C(=O)O)C(C)(C)c1ccccc1. The molecule has 0 aromatic heterocycles. The zero-order valence-electron chi connectivity index (χ0n) is 14.3. The second kappa shape index (κ2) is 6.11. The number of aliphatic carboxylic acids is 1. The summed E-state index contributed by atoms with van der Waals surface area (Å²) in [5.41, 5.74) is -2.42. The van der Waals surface area contributed by atoms with Gasteiger partial charge in [-0.3, -0.25) is 4.79 Å². The molecule has 1 aromatic carbocycles. The van der Waals surface area contributed by atoms with Gasteiger partial charge < -0.3 is 9.84 Å². The highest BCUT2D eigenvalue weighted by Gasteiger charge is 2.55. The number of carbonyl (C=O) groups excluding carboxylic acids is 1. The van der Waals surface area contributed by atoms with Crippen molar-refractivity contribution in [3.05, 3.63) is 35.9 Å². The van der Waals surface area contributed by atoms with Gasteiger partial charge in [-0.2, -0.15) is 0 Å². The van der Waals surface area contributed by atoms with Gasteiger partial charge in [0.25, 0.3) is 0 Å². The van der Waals surface area contributed by atoms with Crippen molar-refractivity contribution in [2.24, 2.45) is 5.41 Å². The largest absolute Gasteiger partial charge is 0.478 e. The molecule has 0 aliphatic rings. The maximum Gasteiger partial charge on any atom is 0.349 e. The molecule has 0 radical (unpaired) electrons. The van der Waals surface area contributed by atoms with Gasteiger partial charge in [0.15, 0.2) is 0 Å². The predicted octanol–water partition coefficient (Wildman–Crippen LogP) is 3.79. The lowest BCUT2D eigenvalue weighted by atomic mass is 9.68. The fourth-order valence-corrected chi connectivity index (χ4v) is 2.50. The summed E-state index contributed by atoms with van der Waals surface area (Å²) >= 11 is 0. The van der Waals surface area contributed by atoms with Crippen LogP contribution in [0, 0.1) is 5.41 Å². The molecule has 0 saturated carbocycles. The van der Waals surface area contributed by atoms with Crippen LogP contribution in [0.4, 0.5) is 0 Å². The smallest absolute Gasteiger partial charge is 0.349 e. The van der Waals surface area contributed by atoms with Gasteiger partial charge >= 0.3 is 11.9 Å². The molecule has 0 fully saturated rings. The summed E-state index contributed by atoms with van der Waals surface area (Å²) in [6.45, 7) is 10.5. The first-order chi connectivity index (χ1) is 9.99. The van der Waals surface area contributed by atoms with Crippen LogP contribution in [-0.2, 0) is 19.7 Å². The molecule has 4 nitrogen and oxygen atoms in total. The number of ether oxygens (including phenoxy) is 1. The molecule has 22 heavy (non-hydrogen) atoms. The lowest BCUT2D eigenvalue weighted by Gasteiger charge is -2.43. The molecule has 0 heterocycles. The van der Waals surface area contributed by atoms with Gasteiger partial charge in [-0.05, 0) is 32.8 Å². The molecule has 1 rings (SSSR count). The molecule has 122 valence electrons. The highest BCUT2D eigenvalue weighted by atomic mass is 16.6. The minimum Gasteiger partial charge on any atom is -0.478 e. The number of hydrogen-bond donors (Lipinski definition) is 1. The average Bonchev–Trinajstić information content (AvgIpc) is 2.43. The third-order valence-electron chi connectivity index (χ3n) is 4.23. The first kappa shape index (κ1) is 18.2. The summed E-state index contributed by atoms with van der Waals surface area (Å²) in [4.78, 5) is 24.4. The molecular formula is C18H26O4. The number of carboxylic acids is 1. The van der Waals surface area contributed by atoms with Gasteiger partial charge in [0.05, 0.1) is 5.41 Å². The number of benzene rings is 1. The Bertz CT molecular complexity index is 540. The molecule has 0 aliphatic heterocycles. The molecule has 1 aromatic rings. The van der Waals surface area contributed by atoms with Crippen LogP contribution in [0.1, 0.15) is 53.5 Å². The van der Waals surface area contributed by atoms with Crippen LogP contribution in [0.5, 0.6) is 0 Å². The first-order valence-corrected chi connectivity index (χ1v) is 7.51. The minimum atomic E-state index is -1.61. The number of rotatable bonds is 5. The van der Waals surface area contributed by atoms with E-state index in [9.17, 15) is 14.7 Å². The molecule has 0 aliphatic carbocycles. The van der Waals surface area contributed by atoms with Crippen molar-refractivity contribution in [1.29, 1.82) is 0 Å². The van der Waals surface area contributed by atoms with Gasteiger partial charge in [0, 0.05) is 5.41 Å². The summed E-state index contributed by atoms with van der Waals surface area (Å²) in [6.07, 6.45) is 0.187. The Kier molecular flexibility index (Phi) is 5.06. The van der Waals surface area contributed by atoms with Crippen LogP contribution in [0.2, 0.25) is 0 Å². The molecule has 4 heteroatoms. The Labute approximate surface area is 132 Å². The van der Waals surface area contributed by atoms with Crippen LogP contribution < -0.4 is 0 Å². The number of carbonyl (C=O) groups is 2. The van der Waals surface area contributed by atoms with Crippen molar-refractivity contribution in [2.45, 2.75) is 59.0 Å². The summed E-state index contributed by atoms with van der Waals surface area (Å²) in [5, 5.41) is 9.86. The standard InChI is InChI=1S/C18H26O4/c1-7-18(14(19)20,22-15(21)16(2,3)4)17(5,6)13-11-9-8-10-12-13/h8-12H,7H2,1-6H3,(H,19,20). The van der Waals surface area contributed by atoms with Crippen LogP contribution in [0.25, 0.3) is 0 Å². The van der Waals surface area contributed by atoms with Crippen molar-refractivity contribution < 1.29 is 19.4 Å². The second-order valence-electron chi connectivity index (χ2n) is 7.12. The van der Waals surface area contributed by atoms with Crippen molar-refractivity contribution in [1.82, 2.24) is 0 Å². The van der Waals surface area contributed by atoms with E-state index in [0.717, 1.165) is 5.56 Å². The Morgan fingerprint density at radius 2 is 1.55 bits per heavy atom. The molecular weight excluding hydrogens is 280 g/mol. The van der Waals surface area contributed by atoms with Gasteiger partial charge in [0.1, 0.15) is 0 Å². The Morgan fingerprint density at radius 1 is 1.05 bits per heavy atom. The summed E-state index contributed by atoms with van der Waals surface area (Å²) in [5.74, 6) is -1.64. The van der Waals surface area contributed by atoms with Crippen molar-refractivity contribution in [2.75, 3.05) is 0 Å². The van der Waals surface area contributed by atoms with E-state index in [1.807, 2.05) is 30.3 Å². The topological polar surface area (TPSA) is 63.6 Å². The molecule has 1 unspecified atom stereocenters. The van der Waals surface area contributed by atoms with Crippen molar-refractivity contribution in [3.63, 3.8) is 0 Å². The third kappa shape index (κ3) is 3.16. The lowest BCUT2D eigenvalue weighted by Crippen LogP contribution is -2.57. The monoisotopic (exact) mass is 306 g/mol. The van der Waals surface area contributed by atoms with Crippen LogP contribution >= 0.6 is 0 Å². The molecule has 0 amide bonds.